The third kappa shape index (κ3) is 8.24. The van der Waals surface area contributed by atoms with Crippen molar-refractivity contribution in [1.29, 1.82) is 0 Å². The Labute approximate surface area is 521 Å². The second-order valence-corrected chi connectivity index (χ2v) is 26.5. The lowest BCUT2D eigenvalue weighted by atomic mass is 9.86. The Morgan fingerprint density at radius 2 is 0.644 bits per heavy atom. The van der Waals surface area contributed by atoms with Crippen LogP contribution in [0.2, 0.25) is 0 Å². The van der Waals surface area contributed by atoms with Crippen molar-refractivity contribution in [3.63, 3.8) is 0 Å². The zero-order valence-corrected chi connectivity index (χ0v) is 51.6. The highest BCUT2D eigenvalue weighted by atomic mass is 16.3. The first-order chi connectivity index (χ1) is 43.7. The van der Waals surface area contributed by atoms with Crippen LogP contribution in [0.3, 0.4) is 0 Å². The number of fused-ring (bicyclic) bond motifs is 14. The number of para-hydroxylation sites is 6. The van der Waals surface area contributed by atoms with Gasteiger partial charge in [0.15, 0.2) is 11.2 Å². The van der Waals surface area contributed by atoms with Gasteiger partial charge in [0.2, 0.25) is 0 Å². The molecule has 6 nitrogen and oxygen atoms in total. The van der Waals surface area contributed by atoms with E-state index in [0.29, 0.717) is 0 Å². The van der Waals surface area contributed by atoms with Gasteiger partial charge >= 0.3 is 0 Å². The molecular formula is C84H64N2O4. The fourth-order valence-corrected chi connectivity index (χ4v) is 14.4. The van der Waals surface area contributed by atoms with Gasteiger partial charge in [0, 0.05) is 88.1 Å². The summed E-state index contributed by atoms with van der Waals surface area (Å²) in [5, 5.41) is 12.7. The predicted molar refractivity (Wildman–Crippen MR) is 378 cm³/mol. The summed E-state index contributed by atoms with van der Waals surface area (Å²) in [7, 11) is 0. The molecule has 0 unspecified atom stereocenters. The van der Waals surface area contributed by atoms with Gasteiger partial charge in [-0.15, -0.1) is 0 Å². The monoisotopic (exact) mass is 1160 g/mol. The minimum Gasteiger partial charge on any atom is -0.455 e. The molecule has 0 N–H and O–H groups in total. The zero-order chi connectivity index (χ0) is 60.9. The Kier molecular flexibility index (Phi) is 11.8. The molecule has 0 amide bonds. The summed E-state index contributed by atoms with van der Waals surface area (Å²) in [5.74, 6) is 0. The van der Waals surface area contributed by atoms with Crippen LogP contribution in [0.15, 0.2) is 260 Å². The highest BCUT2D eigenvalue weighted by Crippen LogP contribution is 2.53. The van der Waals surface area contributed by atoms with E-state index in [1.165, 1.54) is 11.1 Å². The van der Waals surface area contributed by atoms with Crippen LogP contribution in [0.5, 0.6) is 0 Å². The van der Waals surface area contributed by atoms with Crippen molar-refractivity contribution in [2.45, 2.75) is 66.2 Å². The van der Waals surface area contributed by atoms with Crippen molar-refractivity contribution in [1.82, 2.24) is 0 Å². The van der Waals surface area contributed by atoms with Crippen LogP contribution in [-0.2, 0) is 10.8 Å². The maximum Gasteiger partial charge on any atom is 0.159 e. The molecule has 434 valence electrons. The van der Waals surface area contributed by atoms with E-state index in [1.807, 2.05) is 0 Å². The summed E-state index contributed by atoms with van der Waals surface area (Å²) in [6.45, 7) is 17.9. The van der Waals surface area contributed by atoms with E-state index < -0.39 is 0 Å². The van der Waals surface area contributed by atoms with Crippen LogP contribution in [0.1, 0.15) is 63.8 Å². The van der Waals surface area contributed by atoms with E-state index in [0.717, 1.165) is 177 Å². The molecule has 0 aliphatic carbocycles. The number of rotatable bonds is 8. The number of furan rings is 4. The van der Waals surface area contributed by atoms with Gasteiger partial charge in [0.05, 0.1) is 11.4 Å². The molecule has 13 aromatic carbocycles. The number of nitrogens with zero attached hydrogens (tertiary/aromatic N) is 2. The lowest BCUT2D eigenvalue weighted by molar-refractivity contribution is 0.572. The smallest absolute Gasteiger partial charge is 0.159 e. The maximum atomic E-state index is 7.47. The van der Waals surface area contributed by atoms with Gasteiger partial charge in [-0.3, -0.25) is 0 Å². The van der Waals surface area contributed by atoms with Gasteiger partial charge in [-0.1, -0.05) is 211 Å². The van der Waals surface area contributed by atoms with Gasteiger partial charge in [0.25, 0.3) is 0 Å². The molecule has 6 heteroatoms. The van der Waals surface area contributed by atoms with E-state index in [1.54, 1.807) is 0 Å². The first kappa shape index (κ1) is 53.4. The number of hydrogen-bond donors (Lipinski definition) is 0. The molecule has 0 radical (unpaired) electrons. The van der Waals surface area contributed by atoms with E-state index in [-0.39, 0.29) is 10.8 Å². The predicted octanol–water partition coefficient (Wildman–Crippen LogP) is 25.1. The molecule has 0 fully saturated rings. The average Bonchev–Trinajstić information content (AvgIpc) is 1.54. The molecule has 0 bridgehead atoms. The Hall–Kier alpha value is -10.8. The maximum absolute atomic E-state index is 7.47. The lowest BCUT2D eigenvalue weighted by Crippen LogP contribution is -2.11. The van der Waals surface area contributed by atoms with Crippen LogP contribution in [-0.4, -0.2) is 0 Å². The van der Waals surface area contributed by atoms with Crippen molar-refractivity contribution in [3.8, 4) is 22.3 Å². The van der Waals surface area contributed by atoms with Gasteiger partial charge < -0.3 is 27.5 Å². The lowest BCUT2D eigenvalue weighted by Gasteiger charge is -2.27. The number of benzene rings is 13. The fraction of sp³-hybridized carbons (Fsp3) is 0.119. The summed E-state index contributed by atoms with van der Waals surface area (Å²) in [6, 6.07) is 87.4. The highest BCUT2D eigenvalue weighted by Gasteiger charge is 2.30. The fourth-order valence-electron chi connectivity index (χ4n) is 14.4. The molecule has 0 saturated heterocycles. The average molecular weight is 1170 g/mol. The third-order valence-electron chi connectivity index (χ3n) is 18.7. The molecule has 0 saturated carbocycles. The molecule has 90 heavy (non-hydrogen) atoms. The summed E-state index contributed by atoms with van der Waals surface area (Å²) < 4.78 is 29.1. The molecule has 17 rings (SSSR count). The normalized spacial score (nSPS) is 12.4. The van der Waals surface area contributed by atoms with Crippen molar-refractivity contribution in [2.75, 3.05) is 9.80 Å². The molecule has 17 aromatic rings. The van der Waals surface area contributed by atoms with E-state index >= 15 is 0 Å². The van der Waals surface area contributed by atoms with Gasteiger partial charge in [-0.2, -0.15) is 0 Å². The zero-order valence-electron chi connectivity index (χ0n) is 51.6. The minimum atomic E-state index is -0.107. The molecule has 0 aliphatic heterocycles. The Morgan fingerprint density at radius 3 is 1.04 bits per heavy atom. The molecule has 4 heterocycles. The summed E-state index contributed by atoms with van der Waals surface area (Å²) in [6.07, 6.45) is 0. The minimum absolute atomic E-state index is 0.107. The van der Waals surface area contributed by atoms with E-state index in [4.69, 9.17) is 17.7 Å². The molecule has 0 aliphatic rings. The largest absolute Gasteiger partial charge is 0.455 e. The van der Waals surface area contributed by atoms with Crippen molar-refractivity contribution < 1.29 is 17.7 Å². The number of anilines is 6. The van der Waals surface area contributed by atoms with Crippen LogP contribution >= 0.6 is 0 Å². The summed E-state index contributed by atoms with van der Waals surface area (Å²) in [4.78, 5) is 4.71. The SMILES string of the molecule is Cc1ccccc1N(c1ccc2cc3c(cc2c1)oc1c(-c2ccccc2)c2c(oc4cc5cc(N(c6ccccc6C)c6cccc7c6oc6c(C(C)(C)C)cccc67)ccc5cc42)c(-c2ccccc2)c13)c1cccc2c1oc1c(C(C)(C)C)cccc12. The van der Waals surface area contributed by atoms with Gasteiger partial charge in [-0.25, -0.2) is 0 Å². The first-order valence-corrected chi connectivity index (χ1v) is 31.2. The van der Waals surface area contributed by atoms with Gasteiger partial charge in [-0.05, 0) is 141 Å². The topological polar surface area (TPSA) is 59.0 Å². The number of aryl methyl sites for hydroxylation is 2. The third-order valence-corrected chi connectivity index (χ3v) is 18.7. The Morgan fingerprint density at radius 1 is 0.278 bits per heavy atom. The van der Waals surface area contributed by atoms with Crippen LogP contribution < -0.4 is 9.80 Å². The van der Waals surface area contributed by atoms with Gasteiger partial charge in [0.1, 0.15) is 33.5 Å². The summed E-state index contributed by atoms with van der Waals surface area (Å²) >= 11 is 0. The van der Waals surface area contributed by atoms with E-state index in [2.05, 4.69) is 308 Å². The quantitative estimate of drug-likeness (QED) is 0.151. The van der Waals surface area contributed by atoms with Crippen LogP contribution in [0.25, 0.3) is 132 Å². The van der Waals surface area contributed by atoms with Crippen molar-refractivity contribution in [2.24, 2.45) is 0 Å². The summed E-state index contributed by atoms with van der Waals surface area (Å²) in [5.41, 5.74) is 21.4. The Balaban J connectivity index is 0.874. The second kappa shape index (κ2) is 19.8. The molecule has 0 atom stereocenters. The van der Waals surface area contributed by atoms with E-state index in [9.17, 15) is 0 Å². The highest BCUT2D eigenvalue weighted by molar-refractivity contribution is 6.31. The van der Waals surface area contributed by atoms with Crippen molar-refractivity contribution >= 4 is 143 Å². The molecule has 0 spiro atoms. The van der Waals surface area contributed by atoms with Crippen LogP contribution in [0, 0.1) is 13.8 Å². The van der Waals surface area contributed by atoms with Crippen molar-refractivity contribution in [3.05, 3.63) is 265 Å². The van der Waals surface area contributed by atoms with Crippen LogP contribution in [0.4, 0.5) is 34.1 Å². The first-order valence-electron chi connectivity index (χ1n) is 31.2. The molecule has 4 aromatic heterocycles. The Bertz CT molecular complexity index is 5430. The molecular weight excluding hydrogens is 1100 g/mol. The second-order valence-electron chi connectivity index (χ2n) is 26.5. The standard InChI is InChI=1S/C84H64N2O4/c1-49-23-15-17-35-67(49)85(69-37-21-31-61-59-29-19-33-65(83(3,4)5)77(59)89-79(61)69)57-41-39-53-45-63-71(47-55(53)43-57)87-81-74(52-27-13-10-14-28-52)76-64-46-54-40-42-58(44-56(54)48-72(64)88-82(76)73(75(63)81)51-25-11-9-12-26-51)86(68-36-18-16-24-50(68)2)70-38-22-32-62-60-30-20-34-66(84(6,7)8)78(60)90-80(62)70/h9-48H,1-8H3. The number of hydrogen-bond acceptors (Lipinski definition) is 6.